The fourth-order valence-electron chi connectivity index (χ4n) is 3.30. The molecule has 4 heteroatoms. The molecule has 2 bridgehead atoms. The Labute approximate surface area is 127 Å². The van der Waals surface area contributed by atoms with Gasteiger partial charge in [-0.25, -0.2) is 4.79 Å². The van der Waals surface area contributed by atoms with Crippen molar-refractivity contribution in [1.82, 2.24) is 4.90 Å². The standard InChI is InChI=1S/C17H26N2O2/c1-17(2,3)21-16(20)19-14-8-6-9-15(19)12-13(11-14)7-4-5-10-18/h11,14-15H,4-9,12H2,1-3H3. The maximum Gasteiger partial charge on any atom is 0.411 e. The second kappa shape index (κ2) is 6.51. The van der Waals surface area contributed by atoms with E-state index in [4.69, 9.17) is 10.00 Å². The fourth-order valence-corrected chi connectivity index (χ4v) is 3.30. The molecule has 0 radical (unpaired) electrons. The first-order valence-electron chi connectivity index (χ1n) is 7.98. The number of rotatable bonds is 3. The second-order valence-electron chi connectivity index (χ2n) is 7.08. The molecule has 0 spiro atoms. The van der Waals surface area contributed by atoms with Crippen LogP contribution in [0.3, 0.4) is 0 Å². The molecule has 0 aromatic rings. The number of amides is 1. The molecular formula is C17H26N2O2. The molecule has 4 nitrogen and oxygen atoms in total. The molecule has 1 fully saturated rings. The summed E-state index contributed by atoms with van der Waals surface area (Å²) < 4.78 is 5.56. The smallest absolute Gasteiger partial charge is 0.411 e. The minimum atomic E-state index is -0.442. The molecule has 2 rings (SSSR count). The van der Waals surface area contributed by atoms with E-state index in [1.165, 1.54) is 12.0 Å². The van der Waals surface area contributed by atoms with Gasteiger partial charge < -0.3 is 4.74 Å². The predicted octanol–water partition coefficient (Wildman–Crippen LogP) is 4.17. The van der Waals surface area contributed by atoms with Crippen LogP contribution in [0, 0.1) is 11.3 Å². The summed E-state index contributed by atoms with van der Waals surface area (Å²) >= 11 is 0. The molecule has 2 heterocycles. The van der Waals surface area contributed by atoms with E-state index in [0.717, 1.165) is 32.1 Å². The van der Waals surface area contributed by atoms with Gasteiger partial charge in [-0.05, 0) is 59.3 Å². The highest BCUT2D eigenvalue weighted by atomic mass is 16.6. The number of nitrogens with zero attached hydrogens (tertiary/aromatic N) is 2. The Bertz CT molecular complexity index is 456. The van der Waals surface area contributed by atoms with E-state index in [9.17, 15) is 4.79 Å². The van der Waals surface area contributed by atoms with Crippen molar-refractivity contribution >= 4 is 6.09 Å². The number of carbonyl (C=O) groups is 1. The van der Waals surface area contributed by atoms with Gasteiger partial charge in [-0.2, -0.15) is 5.26 Å². The van der Waals surface area contributed by atoms with Crippen LogP contribution in [0.4, 0.5) is 4.79 Å². The van der Waals surface area contributed by atoms with E-state index in [1.807, 2.05) is 25.7 Å². The summed E-state index contributed by atoms with van der Waals surface area (Å²) in [7, 11) is 0. The van der Waals surface area contributed by atoms with Crippen LogP contribution in [-0.4, -0.2) is 28.7 Å². The quantitative estimate of drug-likeness (QED) is 0.579. The number of nitriles is 1. The summed E-state index contributed by atoms with van der Waals surface area (Å²) in [5.74, 6) is 0. The highest BCUT2D eigenvalue weighted by molar-refractivity contribution is 5.70. The van der Waals surface area contributed by atoms with Crippen LogP contribution in [0.15, 0.2) is 11.6 Å². The Balaban J connectivity index is 2.05. The summed E-state index contributed by atoms with van der Waals surface area (Å²) in [6, 6.07) is 2.66. The minimum absolute atomic E-state index is 0.176. The fraction of sp³-hybridized carbons (Fsp3) is 0.765. The van der Waals surface area contributed by atoms with Crippen molar-refractivity contribution in [3.63, 3.8) is 0 Å². The third-order valence-electron chi connectivity index (χ3n) is 4.10. The second-order valence-corrected chi connectivity index (χ2v) is 7.08. The third-order valence-corrected chi connectivity index (χ3v) is 4.10. The van der Waals surface area contributed by atoms with Crippen molar-refractivity contribution in [3.8, 4) is 6.07 Å². The Hall–Kier alpha value is -1.50. The van der Waals surface area contributed by atoms with Gasteiger partial charge >= 0.3 is 6.09 Å². The van der Waals surface area contributed by atoms with Crippen molar-refractivity contribution < 1.29 is 9.53 Å². The number of piperidine rings is 1. The van der Waals surface area contributed by atoms with Gasteiger partial charge in [0.15, 0.2) is 0 Å². The SMILES string of the molecule is CC(C)(C)OC(=O)N1C2C=C(CCCC#N)CC1CCC2. The molecule has 0 saturated carbocycles. The summed E-state index contributed by atoms with van der Waals surface area (Å²) in [4.78, 5) is 14.4. The van der Waals surface area contributed by atoms with E-state index in [1.54, 1.807) is 0 Å². The lowest BCUT2D eigenvalue weighted by atomic mass is 9.84. The minimum Gasteiger partial charge on any atom is -0.444 e. The zero-order chi connectivity index (χ0) is 15.5. The molecular weight excluding hydrogens is 264 g/mol. The van der Waals surface area contributed by atoms with E-state index in [2.05, 4.69) is 12.1 Å². The highest BCUT2D eigenvalue weighted by Crippen LogP contribution is 2.35. The van der Waals surface area contributed by atoms with E-state index >= 15 is 0 Å². The molecule has 0 aliphatic carbocycles. The molecule has 0 aromatic heterocycles. The van der Waals surface area contributed by atoms with Gasteiger partial charge in [0.2, 0.25) is 0 Å². The Kier molecular flexibility index (Phi) is 4.92. The molecule has 1 amide bonds. The lowest BCUT2D eigenvalue weighted by molar-refractivity contribution is -0.00158. The third kappa shape index (κ3) is 4.23. The monoisotopic (exact) mass is 290 g/mol. The maximum absolute atomic E-state index is 12.4. The summed E-state index contributed by atoms with van der Waals surface area (Å²) in [6.07, 6.45) is 8.81. The molecule has 21 heavy (non-hydrogen) atoms. The van der Waals surface area contributed by atoms with Crippen LogP contribution in [-0.2, 0) is 4.74 Å². The van der Waals surface area contributed by atoms with Crippen LogP contribution in [0.25, 0.3) is 0 Å². The average Bonchev–Trinajstić information content (AvgIpc) is 2.35. The predicted molar refractivity (Wildman–Crippen MR) is 81.7 cm³/mol. The van der Waals surface area contributed by atoms with Gasteiger partial charge in [0, 0.05) is 12.5 Å². The molecule has 1 saturated heterocycles. The first-order chi connectivity index (χ1) is 9.90. The van der Waals surface area contributed by atoms with E-state index in [-0.39, 0.29) is 18.2 Å². The molecule has 0 aromatic carbocycles. The lowest BCUT2D eigenvalue weighted by Crippen LogP contribution is -2.53. The van der Waals surface area contributed by atoms with Gasteiger partial charge in [-0.15, -0.1) is 0 Å². The van der Waals surface area contributed by atoms with Crippen molar-refractivity contribution in [2.24, 2.45) is 0 Å². The summed E-state index contributed by atoms with van der Waals surface area (Å²) in [6.45, 7) is 5.73. The van der Waals surface area contributed by atoms with Crippen molar-refractivity contribution in [3.05, 3.63) is 11.6 Å². The number of hydrogen-bond acceptors (Lipinski definition) is 3. The number of unbranched alkanes of at least 4 members (excludes halogenated alkanes) is 1. The van der Waals surface area contributed by atoms with Gasteiger partial charge in [-0.1, -0.05) is 11.6 Å². The van der Waals surface area contributed by atoms with Crippen LogP contribution in [0.1, 0.15) is 65.7 Å². The Morgan fingerprint density at radius 3 is 2.86 bits per heavy atom. The van der Waals surface area contributed by atoms with Crippen molar-refractivity contribution in [2.45, 2.75) is 83.4 Å². The number of fused-ring (bicyclic) bond motifs is 2. The first-order valence-corrected chi connectivity index (χ1v) is 7.98. The first kappa shape index (κ1) is 15.9. The number of carbonyl (C=O) groups excluding carboxylic acids is 1. The molecule has 2 aliphatic heterocycles. The van der Waals surface area contributed by atoms with E-state index < -0.39 is 5.60 Å². The molecule has 2 unspecified atom stereocenters. The number of ether oxygens (including phenoxy) is 1. The summed E-state index contributed by atoms with van der Waals surface area (Å²) in [5, 5.41) is 8.64. The molecule has 0 N–H and O–H groups in total. The van der Waals surface area contributed by atoms with Crippen LogP contribution in [0.5, 0.6) is 0 Å². The highest BCUT2D eigenvalue weighted by Gasteiger charge is 2.38. The van der Waals surface area contributed by atoms with E-state index in [0.29, 0.717) is 6.42 Å². The van der Waals surface area contributed by atoms with Crippen molar-refractivity contribution in [1.29, 1.82) is 5.26 Å². The van der Waals surface area contributed by atoms with Crippen molar-refractivity contribution in [2.75, 3.05) is 0 Å². The van der Waals surface area contributed by atoms with Gasteiger partial charge in [0.1, 0.15) is 5.60 Å². The maximum atomic E-state index is 12.4. The topological polar surface area (TPSA) is 53.3 Å². The molecule has 2 aliphatic rings. The Morgan fingerprint density at radius 1 is 1.48 bits per heavy atom. The van der Waals surface area contributed by atoms with Crippen LogP contribution >= 0.6 is 0 Å². The Morgan fingerprint density at radius 2 is 2.24 bits per heavy atom. The molecule has 2 atom stereocenters. The average molecular weight is 290 g/mol. The van der Waals surface area contributed by atoms with Gasteiger partial charge in [-0.3, -0.25) is 4.90 Å². The van der Waals surface area contributed by atoms with Gasteiger partial charge in [0.05, 0.1) is 12.1 Å². The van der Waals surface area contributed by atoms with Gasteiger partial charge in [0.25, 0.3) is 0 Å². The lowest BCUT2D eigenvalue weighted by Gasteiger charge is -2.45. The zero-order valence-corrected chi connectivity index (χ0v) is 13.4. The normalized spacial score (nSPS) is 25.0. The summed E-state index contributed by atoms with van der Waals surface area (Å²) in [5.41, 5.74) is 0.974. The number of hydrogen-bond donors (Lipinski definition) is 0. The molecule has 116 valence electrons. The largest absolute Gasteiger partial charge is 0.444 e. The zero-order valence-electron chi connectivity index (χ0n) is 13.4. The van der Waals surface area contributed by atoms with Crippen LogP contribution < -0.4 is 0 Å². The van der Waals surface area contributed by atoms with Crippen LogP contribution in [0.2, 0.25) is 0 Å².